The molecule has 0 aliphatic rings. The summed E-state index contributed by atoms with van der Waals surface area (Å²) in [4.78, 5) is 1.34. The van der Waals surface area contributed by atoms with Gasteiger partial charge in [0.2, 0.25) is 0 Å². The number of halogens is 1. The van der Waals surface area contributed by atoms with Crippen molar-refractivity contribution in [3.05, 3.63) is 34.2 Å². The monoisotopic (exact) mass is 226 g/mol. The molecule has 0 spiro atoms. The van der Waals surface area contributed by atoms with Crippen LogP contribution in [0.2, 0.25) is 5.02 Å². The van der Waals surface area contributed by atoms with Crippen LogP contribution in [0.4, 0.5) is 0 Å². The number of hydrogen-bond acceptors (Lipinski definition) is 1. The lowest BCUT2D eigenvalue weighted by Gasteiger charge is -1.87. The summed E-state index contributed by atoms with van der Waals surface area (Å²) in [6.45, 7) is 6.36. The second-order valence-electron chi connectivity index (χ2n) is 3.25. The van der Waals surface area contributed by atoms with Crippen LogP contribution in [0.1, 0.15) is 25.1 Å². The molecule has 0 amide bonds. The lowest BCUT2D eigenvalue weighted by molar-refractivity contribution is 1.09. The lowest BCUT2D eigenvalue weighted by Crippen LogP contribution is -1.61. The third kappa shape index (κ3) is 3.00. The molecule has 0 N–H and O–H groups in total. The Kier molecular flexibility index (Phi) is 4.43. The normalized spacial score (nSPS) is 9.71. The van der Waals surface area contributed by atoms with Gasteiger partial charge in [-0.3, -0.25) is 0 Å². The predicted molar refractivity (Wildman–Crippen MR) is 67.5 cm³/mol. The zero-order valence-electron chi connectivity index (χ0n) is 8.80. The minimum absolute atomic E-state index is 0.819. The maximum absolute atomic E-state index is 5.83. The van der Waals surface area contributed by atoms with Gasteiger partial charge in [0, 0.05) is 14.6 Å². The minimum atomic E-state index is 0.819. The quantitative estimate of drug-likeness (QED) is 0.574. The Morgan fingerprint density at radius 2 is 1.86 bits per heavy atom. The highest BCUT2D eigenvalue weighted by atomic mass is 35.5. The minimum Gasteiger partial charge on any atom is -0.141 e. The number of benzene rings is 1. The molecule has 0 unspecified atom stereocenters. The molecule has 14 heavy (non-hydrogen) atoms. The van der Waals surface area contributed by atoms with Gasteiger partial charge in [-0.05, 0) is 30.5 Å². The first-order valence-corrected chi connectivity index (χ1v) is 6.02. The molecule has 1 aromatic carbocycles. The Balaban J connectivity index is 0.000000293. The fourth-order valence-corrected chi connectivity index (χ4v) is 2.34. The van der Waals surface area contributed by atoms with Crippen LogP contribution in [0.25, 0.3) is 10.1 Å². The predicted octanol–water partition coefficient (Wildman–Crippen LogP) is 5.28. The lowest BCUT2D eigenvalue weighted by atomic mass is 10.2. The largest absolute Gasteiger partial charge is 0.141 e. The molecule has 0 fully saturated rings. The van der Waals surface area contributed by atoms with Crippen LogP contribution in [0.5, 0.6) is 0 Å². The van der Waals surface area contributed by atoms with Crippen molar-refractivity contribution in [3.8, 4) is 0 Å². The van der Waals surface area contributed by atoms with Crippen molar-refractivity contribution in [2.45, 2.75) is 27.2 Å². The molecule has 2 heteroatoms. The second-order valence-corrected chi connectivity index (χ2v) is 4.97. The Bertz CT molecular complexity index is 404. The van der Waals surface area contributed by atoms with Crippen molar-refractivity contribution in [1.29, 1.82) is 0 Å². The van der Waals surface area contributed by atoms with Crippen LogP contribution in [-0.4, -0.2) is 0 Å². The van der Waals surface area contributed by atoms with E-state index in [-0.39, 0.29) is 0 Å². The number of aryl methyl sites for hydroxylation is 1. The Labute approximate surface area is 94.5 Å². The summed E-state index contributed by atoms with van der Waals surface area (Å²) < 4.78 is 1.27. The standard InChI is InChI=1S/C9H7ClS.C3H8/c1-6-4-7-2-3-8(10)5-9(7)11-6;1-3-2/h2-5H,1H3;3H2,1-2H3. The van der Waals surface area contributed by atoms with Gasteiger partial charge in [-0.2, -0.15) is 0 Å². The highest BCUT2D eigenvalue weighted by molar-refractivity contribution is 7.19. The van der Waals surface area contributed by atoms with E-state index < -0.39 is 0 Å². The van der Waals surface area contributed by atoms with Crippen molar-refractivity contribution < 1.29 is 0 Å². The molecule has 0 nitrogen and oxygen atoms in total. The van der Waals surface area contributed by atoms with Gasteiger partial charge < -0.3 is 0 Å². The van der Waals surface area contributed by atoms with Crippen molar-refractivity contribution in [2.24, 2.45) is 0 Å². The van der Waals surface area contributed by atoms with E-state index in [1.807, 2.05) is 12.1 Å². The summed E-state index contributed by atoms with van der Waals surface area (Å²) in [5, 5.41) is 2.11. The third-order valence-corrected chi connectivity index (χ3v) is 2.85. The molecular formula is C12H15ClS. The molecule has 1 heterocycles. The third-order valence-electron chi connectivity index (χ3n) is 1.61. The molecule has 76 valence electrons. The highest BCUT2D eigenvalue weighted by Crippen LogP contribution is 2.27. The van der Waals surface area contributed by atoms with E-state index in [4.69, 9.17) is 11.6 Å². The molecule has 0 saturated carbocycles. The summed E-state index contributed by atoms with van der Waals surface area (Å²) >= 11 is 7.62. The van der Waals surface area contributed by atoms with E-state index in [2.05, 4.69) is 32.9 Å². The van der Waals surface area contributed by atoms with Crippen LogP contribution in [0.3, 0.4) is 0 Å². The first-order valence-electron chi connectivity index (χ1n) is 4.83. The van der Waals surface area contributed by atoms with Gasteiger partial charge in [0.25, 0.3) is 0 Å². The van der Waals surface area contributed by atoms with Crippen LogP contribution >= 0.6 is 22.9 Å². The van der Waals surface area contributed by atoms with E-state index in [0.29, 0.717) is 0 Å². The van der Waals surface area contributed by atoms with Crippen LogP contribution < -0.4 is 0 Å². The van der Waals surface area contributed by atoms with E-state index in [1.54, 1.807) is 11.3 Å². The van der Waals surface area contributed by atoms with Gasteiger partial charge in [0.1, 0.15) is 0 Å². The Hall–Kier alpha value is -0.530. The van der Waals surface area contributed by atoms with E-state index in [0.717, 1.165) is 5.02 Å². The second kappa shape index (κ2) is 5.38. The van der Waals surface area contributed by atoms with E-state index >= 15 is 0 Å². The fraction of sp³-hybridized carbons (Fsp3) is 0.333. The topological polar surface area (TPSA) is 0 Å². The number of hydrogen-bond donors (Lipinski definition) is 0. The summed E-state index contributed by atoms with van der Waals surface area (Å²) in [6.07, 6.45) is 1.25. The SMILES string of the molecule is CCC.Cc1cc2ccc(Cl)cc2s1. The zero-order chi connectivity index (χ0) is 10.6. The number of rotatable bonds is 0. The molecule has 0 bridgehead atoms. The average Bonchev–Trinajstić information content (AvgIpc) is 2.45. The molecule has 0 radical (unpaired) electrons. The van der Waals surface area contributed by atoms with Crippen LogP contribution in [0.15, 0.2) is 24.3 Å². The molecular weight excluding hydrogens is 212 g/mol. The van der Waals surface area contributed by atoms with Crippen LogP contribution in [-0.2, 0) is 0 Å². The summed E-state index contributed by atoms with van der Waals surface area (Å²) in [5.41, 5.74) is 0. The Morgan fingerprint density at radius 1 is 1.21 bits per heavy atom. The van der Waals surface area contributed by atoms with Crippen molar-refractivity contribution in [3.63, 3.8) is 0 Å². The summed E-state index contributed by atoms with van der Waals surface area (Å²) in [7, 11) is 0. The maximum atomic E-state index is 5.83. The van der Waals surface area contributed by atoms with E-state index in [1.165, 1.54) is 21.4 Å². The van der Waals surface area contributed by atoms with Gasteiger partial charge in [0.05, 0.1) is 0 Å². The molecule has 0 aliphatic heterocycles. The molecule has 0 aliphatic carbocycles. The smallest absolute Gasteiger partial charge is 0.0420 e. The molecule has 1 aromatic heterocycles. The Morgan fingerprint density at radius 3 is 2.50 bits per heavy atom. The van der Waals surface area contributed by atoms with Gasteiger partial charge in [0.15, 0.2) is 0 Å². The molecule has 2 rings (SSSR count). The van der Waals surface area contributed by atoms with Gasteiger partial charge >= 0.3 is 0 Å². The van der Waals surface area contributed by atoms with Crippen LogP contribution in [0, 0.1) is 6.92 Å². The van der Waals surface area contributed by atoms with Crippen molar-refractivity contribution >= 4 is 33.0 Å². The van der Waals surface area contributed by atoms with E-state index in [9.17, 15) is 0 Å². The van der Waals surface area contributed by atoms with Gasteiger partial charge in [-0.25, -0.2) is 0 Å². The first kappa shape index (κ1) is 11.5. The number of thiophene rings is 1. The zero-order valence-corrected chi connectivity index (χ0v) is 10.4. The summed E-state index contributed by atoms with van der Waals surface area (Å²) in [5.74, 6) is 0. The number of fused-ring (bicyclic) bond motifs is 1. The van der Waals surface area contributed by atoms with Gasteiger partial charge in [-0.15, -0.1) is 11.3 Å². The maximum Gasteiger partial charge on any atom is 0.0420 e. The fourth-order valence-electron chi connectivity index (χ4n) is 1.14. The summed E-state index contributed by atoms with van der Waals surface area (Å²) in [6, 6.07) is 8.17. The average molecular weight is 227 g/mol. The molecule has 2 aromatic rings. The first-order chi connectivity index (χ1) is 6.67. The van der Waals surface area contributed by atoms with Crippen molar-refractivity contribution in [1.82, 2.24) is 0 Å². The highest BCUT2D eigenvalue weighted by Gasteiger charge is 1.97. The molecule has 0 atom stereocenters. The van der Waals surface area contributed by atoms with Gasteiger partial charge in [-0.1, -0.05) is 37.9 Å². The molecule has 0 saturated heterocycles. The van der Waals surface area contributed by atoms with Crippen molar-refractivity contribution in [2.75, 3.05) is 0 Å².